The van der Waals surface area contributed by atoms with Crippen molar-refractivity contribution < 1.29 is 22.7 Å². The molecule has 4 rings (SSSR count). The lowest BCUT2D eigenvalue weighted by atomic mass is 9.56. The summed E-state index contributed by atoms with van der Waals surface area (Å²) < 4.78 is 41.3. The van der Waals surface area contributed by atoms with Gasteiger partial charge in [0.05, 0.1) is 5.69 Å². The fraction of sp³-hybridized carbons (Fsp3) is 0.474. The number of cyclic esters (lactones) is 1. The van der Waals surface area contributed by atoms with Gasteiger partial charge in [0.15, 0.2) is 5.41 Å². The van der Waals surface area contributed by atoms with Gasteiger partial charge in [-0.15, -0.1) is 5.10 Å². The van der Waals surface area contributed by atoms with Crippen LogP contribution in [-0.2, 0) is 14.9 Å². The number of aromatic nitrogens is 3. The van der Waals surface area contributed by atoms with Crippen LogP contribution in [0.3, 0.4) is 0 Å². The summed E-state index contributed by atoms with van der Waals surface area (Å²) in [5.41, 5.74) is -1.25. The standard InChI is InChI=1S/C19H18BrF2N3O4/c1-9-13(6-5-12-4-3-11(20)7-23-12)14-10(2)28-16(26)18(14,8-19(9,21)22)15-24-25-17(27)29-15/h3-7,9-10,13-14H,8H2,1-2H3,(H,25,27)/b6-5+/t9-,10+,13-,14-,18+/m0/s1. The van der Waals surface area contributed by atoms with Gasteiger partial charge in [-0.2, -0.15) is 0 Å². The number of carbonyl (C=O) groups is 1. The average molecular weight is 470 g/mol. The van der Waals surface area contributed by atoms with Gasteiger partial charge in [0.25, 0.3) is 5.92 Å². The van der Waals surface area contributed by atoms with E-state index in [1.807, 2.05) is 0 Å². The lowest BCUT2D eigenvalue weighted by Crippen LogP contribution is -2.56. The third kappa shape index (κ3) is 3.13. The van der Waals surface area contributed by atoms with E-state index in [0.29, 0.717) is 5.69 Å². The summed E-state index contributed by atoms with van der Waals surface area (Å²) in [4.78, 5) is 28.5. The van der Waals surface area contributed by atoms with Gasteiger partial charge in [-0.3, -0.25) is 9.78 Å². The fourth-order valence-corrected chi connectivity index (χ4v) is 4.78. The molecule has 1 N–H and O–H groups in total. The van der Waals surface area contributed by atoms with Crippen molar-refractivity contribution >= 4 is 28.0 Å². The van der Waals surface area contributed by atoms with Gasteiger partial charge in [-0.25, -0.2) is 18.7 Å². The Labute approximate surface area is 172 Å². The van der Waals surface area contributed by atoms with E-state index in [9.17, 15) is 9.59 Å². The van der Waals surface area contributed by atoms with Crippen LogP contribution in [0.15, 0.2) is 38.1 Å². The molecule has 0 amide bonds. The van der Waals surface area contributed by atoms with E-state index < -0.39 is 53.3 Å². The number of pyridine rings is 1. The zero-order valence-electron chi connectivity index (χ0n) is 15.6. The minimum absolute atomic E-state index is 0.353. The number of fused-ring (bicyclic) bond motifs is 1. The number of carbonyl (C=O) groups excluding carboxylic acids is 1. The molecule has 0 radical (unpaired) electrons. The molecule has 0 aromatic carbocycles. The van der Waals surface area contributed by atoms with Crippen molar-refractivity contribution in [2.45, 2.75) is 37.7 Å². The molecule has 2 fully saturated rings. The van der Waals surface area contributed by atoms with E-state index in [1.165, 1.54) is 6.92 Å². The number of alkyl halides is 2. The van der Waals surface area contributed by atoms with Gasteiger partial charge in [0, 0.05) is 28.9 Å². The minimum atomic E-state index is -3.21. The van der Waals surface area contributed by atoms with Crippen LogP contribution in [0, 0.1) is 17.8 Å². The van der Waals surface area contributed by atoms with Crippen molar-refractivity contribution in [3.05, 3.63) is 51.0 Å². The minimum Gasteiger partial charge on any atom is -0.461 e. The average Bonchev–Trinajstić information content (AvgIpc) is 3.19. The molecule has 0 unspecified atom stereocenters. The summed E-state index contributed by atoms with van der Waals surface area (Å²) in [6, 6.07) is 3.53. The van der Waals surface area contributed by atoms with Crippen molar-refractivity contribution in [2.24, 2.45) is 17.8 Å². The number of hydrogen-bond acceptors (Lipinski definition) is 6. The number of nitrogens with zero attached hydrogens (tertiary/aromatic N) is 2. The second-order valence-electron chi connectivity index (χ2n) is 7.59. The molecule has 29 heavy (non-hydrogen) atoms. The predicted molar refractivity (Wildman–Crippen MR) is 101 cm³/mol. The van der Waals surface area contributed by atoms with E-state index in [1.54, 1.807) is 37.4 Å². The maximum atomic E-state index is 15.1. The second kappa shape index (κ2) is 6.86. The first-order valence-electron chi connectivity index (χ1n) is 9.10. The van der Waals surface area contributed by atoms with Gasteiger partial charge in [0.1, 0.15) is 6.10 Å². The highest BCUT2D eigenvalue weighted by atomic mass is 79.9. The zero-order chi connectivity index (χ0) is 21.0. The highest BCUT2D eigenvalue weighted by molar-refractivity contribution is 9.10. The van der Waals surface area contributed by atoms with E-state index in [2.05, 4.69) is 31.1 Å². The van der Waals surface area contributed by atoms with Gasteiger partial charge in [0.2, 0.25) is 5.89 Å². The summed E-state index contributed by atoms with van der Waals surface area (Å²) in [6.45, 7) is 3.11. The molecule has 2 aliphatic rings. The van der Waals surface area contributed by atoms with E-state index >= 15 is 8.78 Å². The van der Waals surface area contributed by atoms with Crippen LogP contribution in [0.1, 0.15) is 31.9 Å². The molecule has 2 aromatic heterocycles. The smallest absolute Gasteiger partial charge is 0.434 e. The van der Waals surface area contributed by atoms with Crippen molar-refractivity contribution in [1.29, 1.82) is 0 Å². The van der Waals surface area contributed by atoms with Crippen LogP contribution in [0.25, 0.3) is 6.08 Å². The molecule has 5 atom stereocenters. The third-order valence-electron chi connectivity index (χ3n) is 5.96. The molecule has 10 heteroatoms. The number of rotatable bonds is 3. The maximum Gasteiger partial charge on any atom is 0.434 e. The molecule has 2 aromatic rings. The lowest BCUT2D eigenvalue weighted by Gasteiger charge is -2.46. The molecule has 0 bridgehead atoms. The van der Waals surface area contributed by atoms with Crippen molar-refractivity contribution in [1.82, 2.24) is 15.2 Å². The van der Waals surface area contributed by atoms with Gasteiger partial charge >= 0.3 is 11.7 Å². The molecule has 0 spiro atoms. The first-order valence-corrected chi connectivity index (χ1v) is 9.89. The maximum absolute atomic E-state index is 15.1. The Morgan fingerprint density at radius 1 is 1.31 bits per heavy atom. The Hall–Kier alpha value is -2.36. The summed E-state index contributed by atoms with van der Waals surface area (Å²) in [5.74, 6) is -7.82. The molecule has 1 aliphatic heterocycles. The van der Waals surface area contributed by atoms with E-state index in [-0.39, 0.29) is 5.89 Å². The number of H-pyrrole nitrogens is 1. The summed E-state index contributed by atoms with van der Waals surface area (Å²) in [5, 5.41) is 5.80. The van der Waals surface area contributed by atoms with Crippen molar-refractivity contribution in [3.8, 4) is 0 Å². The molecule has 1 saturated heterocycles. The fourth-order valence-electron chi connectivity index (χ4n) is 4.55. The van der Waals surface area contributed by atoms with Crippen LogP contribution in [0.5, 0.6) is 0 Å². The molecule has 154 valence electrons. The number of halogens is 3. The number of aromatic amines is 1. The SMILES string of the molecule is C[C@H]1OC(=O)[C@]2(c3n[nH]c(=O)o3)CC(F)(F)[C@@H](C)[C@H](/C=C/c3ccc(Br)cn3)[C@H]12. The highest BCUT2D eigenvalue weighted by Gasteiger charge is 2.71. The Morgan fingerprint density at radius 3 is 2.69 bits per heavy atom. The summed E-state index contributed by atoms with van der Waals surface area (Å²) >= 11 is 3.30. The zero-order valence-corrected chi connectivity index (χ0v) is 17.2. The highest BCUT2D eigenvalue weighted by Crippen LogP contribution is 2.59. The van der Waals surface area contributed by atoms with Gasteiger partial charge in [-0.05, 0) is 47.0 Å². The molecule has 7 nitrogen and oxygen atoms in total. The predicted octanol–water partition coefficient (Wildman–Crippen LogP) is 3.32. The number of allylic oxidation sites excluding steroid dienone is 1. The first-order chi connectivity index (χ1) is 13.6. The Kier molecular flexibility index (Phi) is 4.71. The van der Waals surface area contributed by atoms with Gasteiger partial charge in [-0.1, -0.05) is 13.0 Å². The van der Waals surface area contributed by atoms with Crippen LogP contribution < -0.4 is 5.76 Å². The Balaban J connectivity index is 1.82. The van der Waals surface area contributed by atoms with E-state index in [4.69, 9.17) is 9.15 Å². The van der Waals surface area contributed by atoms with Crippen LogP contribution in [0.4, 0.5) is 8.78 Å². The molecular weight excluding hydrogens is 452 g/mol. The summed E-state index contributed by atoms with van der Waals surface area (Å²) in [6.07, 6.45) is 3.40. The third-order valence-corrected chi connectivity index (χ3v) is 6.43. The first kappa shape index (κ1) is 19.9. The van der Waals surface area contributed by atoms with Crippen molar-refractivity contribution in [3.63, 3.8) is 0 Å². The largest absolute Gasteiger partial charge is 0.461 e. The van der Waals surface area contributed by atoms with Gasteiger partial charge < -0.3 is 9.15 Å². The lowest BCUT2D eigenvalue weighted by molar-refractivity contribution is -0.159. The molecular formula is C19H18BrF2N3O4. The normalized spacial score (nSPS) is 33.6. The number of hydrogen-bond donors (Lipinski definition) is 1. The number of esters is 1. The monoisotopic (exact) mass is 469 g/mol. The van der Waals surface area contributed by atoms with E-state index in [0.717, 1.165) is 4.47 Å². The molecule has 1 aliphatic carbocycles. The second-order valence-corrected chi connectivity index (χ2v) is 8.51. The Morgan fingerprint density at radius 2 is 2.07 bits per heavy atom. The van der Waals surface area contributed by atoms with Crippen LogP contribution >= 0.6 is 15.9 Å². The summed E-state index contributed by atoms with van der Waals surface area (Å²) in [7, 11) is 0. The number of ether oxygens (including phenoxy) is 1. The topological polar surface area (TPSA) is 98.1 Å². The molecule has 1 saturated carbocycles. The molecule has 3 heterocycles. The Bertz CT molecular complexity index is 1020. The van der Waals surface area contributed by atoms with Crippen molar-refractivity contribution in [2.75, 3.05) is 0 Å². The quantitative estimate of drug-likeness (QED) is 0.692. The van der Waals surface area contributed by atoms with Crippen LogP contribution in [0.2, 0.25) is 0 Å². The number of nitrogens with one attached hydrogen (secondary N) is 1. The van der Waals surface area contributed by atoms with Crippen LogP contribution in [-0.4, -0.2) is 33.2 Å².